The van der Waals surface area contributed by atoms with Gasteiger partial charge in [0.1, 0.15) is 5.75 Å². The fraction of sp³-hybridized carbons (Fsp3) is 0.500. The van der Waals surface area contributed by atoms with Crippen molar-refractivity contribution in [1.82, 2.24) is 10.2 Å². The molecule has 1 N–H and O–H groups in total. The Morgan fingerprint density at radius 3 is 2.56 bits per heavy atom. The van der Waals surface area contributed by atoms with Gasteiger partial charge in [-0.15, -0.1) is 10.2 Å². The fourth-order valence-corrected chi connectivity index (χ4v) is 3.69. The van der Waals surface area contributed by atoms with Gasteiger partial charge in [0.15, 0.2) is 10.4 Å². The average Bonchev–Trinajstić information content (AvgIpc) is 3.00. The minimum atomic E-state index is -0.615. The van der Waals surface area contributed by atoms with Crippen molar-refractivity contribution in [3.05, 3.63) is 29.8 Å². The van der Waals surface area contributed by atoms with E-state index in [0.717, 1.165) is 16.5 Å². The van der Waals surface area contributed by atoms with Gasteiger partial charge in [0.2, 0.25) is 5.13 Å². The van der Waals surface area contributed by atoms with Gasteiger partial charge in [0.05, 0.1) is 0 Å². The van der Waals surface area contributed by atoms with Crippen LogP contribution in [0.25, 0.3) is 0 Å². The number of ether oxygens (including phenoxy) is 1. The first kappa shape index (κ1) is 19.7. The third-order valence-electron chi connectivity index (χ3n) is 3.47. The number of nitrogens with one attached hydrogen (secondary N) is 1. The molecule has 2 rings (SSSR count). The highest BCUT2D eigenvalue weighted by molar-refractivity contribution is 8.01. The molecule has 2 aromatic rings. The Hall–Kier alpha value is -1.60. The number of nitrogens with zero attached hydrogens (tertiary/aromatic N) is 2. The summed E-state index contributed by atoms with van der Waals surface area (Å²) in [5.41, 5.74) is 1.32. The van der Waals surface area contributed by atoms with Crippen LogP contribution in [0.5, 0.6) is 5.75 Å². The number of carbonyl (C=O) groups excluding carboxylic acids is 1. The van der Waals surface area contributed by atoms with Crippen LogP contribution in [0.4, 0.5) is 5.13 Å². The lowest BCUT2D eigenvalue weighted by Crippen LogP contribution is -2.30. The molecule has 25 heavy (non-hydrogen) atoms. The summed E-state index contributed by atoms with van der Waals surface area (Å²) in [6, 6.07) is 7.85. The van der Waals surface area contributed by atoms with E-state index >= 15 is 0 Å². The number of thioether (sulfide) groups is 1. The summed E-state index contributed by atoms with van der Waals surface area (Å²) in [6.45, 7) is 10.3. The Labute approximate surface area is 157 Å². The van der Waals surface area contributed by atoms with Crippen LogP contribution in [0.15, 0.2) is 28.6 Å². The molecule has 0 aliphatic rings. The van der Waals surface area contributed by atoms with Crippen molar-refractivity contribution >= 4 is 34.1 Å². The van der Waals surface area contributed by atoms with E-state index in [0.29, 0.717) is 10.9 Å². The number of hydrogen-bond donors (Lipinski definition) is 1. The normalized spacial score (nSPS) is 12.7. The SMILES string of the molecule is CCCSc1nnc(NC(=O)[C@H](C)Oc2ccc(C(C)(C)C)cc2)s1. The molecule has 1 aromatic heterocycles. The zero-order valence-electron chi connectivity index (χ0n) is 15.3. The zero-order chi connectivity index (χ0) is 18.4. The first-order valence-corrected chi connectivity index (χ1v) is 10.1. The smallest absolute Gasteiger partial charge is 0.266 e. The van der Waals surface area contributed by atoms with Crippen LogP contribution in [0.1, 0.15) is 46.6 Å². The van der Waals surface area contributed by atoms with Gasteiger partial charge < -0.3 is 4.74 Å². The van der Waals surface area contributed by atoms with Crippen LogP contribution >= 0.6 is 23.1 Å². The van der Waals surface area contributed by atoms with E-state index < -0.39 is 6.10 Å². The highest BCUT2D eigenvalue weighted by atomic mass is 32.2. The first-order valence-electron chi connectivity index (χ1n) is 8.34. The molecule has 0 saturated heterocycles. The number of carbonyl (C=O) groups is 1. The summed E-state index contributed by atoms with van der Waals surface area (Å²) in [7, 11) is 0. The molecule has 1 aromatic carbocycles. The van der Waals surface area contributed by atoms with E-state index in [9.17, 15) is 4.79 Å². The number of benzene rings is 1. The summed E-state index contributed by atoms with van der Waals surface area (Å²) in [6.07, 6.45) is 0.460. The van der Waals surface area contributed by atoms with Crippen LogP contribution in [0, 0.1) is 0 Å². The lowest BCUT2D eigenvalue weighted by atomic mass is 9.87. The number of hydrogen-bond acceptors (Lipinski definition) is 6. The van der Waals surface area contributed by atoms with Crippen molar-refractivity contribution in [3.8, 4) is 5.75 Å². The van der Waals surface area contributed by atoms with E-state index in [-0.39, 0.29) is 11.3 Å². The second kappa shape index (κ2) is 8.67. The van der Waals surface area contributed by atoms with Gasteiger partial charge in [-0.2, -0.15) is 0 Å². The third kappa shape index (κ3) is 6.01. The summed E-state index contributed by atoms with van der Waals surface area (Å²) in [5, 5.41) is 11.3. The molecule has 0 fully saturated rings. The topological polar surface area (TPSA) is 64.1 Å². The highest BCUT2D eigenvalue weighted by Crippen LogP contribution is 2.27. The van der Waals surface area contributed by atoms with E-state index in [1.165, 1.54) is 16.9 Å². The quantitative estimate of drug-likeness (QED) is 0.556. The average molecular weight is 380 g/mol. The Balaban J connectivity index is 1.90. The predicted molar refractivity (Wildman–Crippen MR) is 105 cm³/mol. The second-order valence-electron chi connectivity index (χ2n) is 6.75. The fourth-order valence-electron chi connectivity index (χ4n) is 2.01. The lowest BCUT2D eigenvalue weighted by Gasteiger charge is -2.20. The summed E-state index contributed by atoms with van der Waals surface area (Å²) in [4.78, 5) is 12.3. The summed E-state index contributed by atoms with van der Waals surface area (Å²) >= 11 is 3.03. The molecule has 7 heteroatoms. The van der Waals surface area contributed by atoms with E-state index in [1.54, 1.807) is 18.7 Å². The molecule has 1 atom stereocenters. The number of anilines is 1. The number of rotatable bonds is 7. The largest absolute Gasteiger partial charge is 0.481 e. The molecule has 0 aliphatic heterocycles. The maximum Gasteiger partial charge on any atom is 0.266 e. The van der Waals surface area contributed by atoms with Crippen molar-refractivity contribution in [1.29, 1.82) is 0 Å². The minimum absolute atomic E-state index is 0.0901. The minimum Gasteiger partial charge on any atom is -0.481 e. The van der Waals surface area contributed by atoms with Crippen molar-refractivity contribution < 1.29 is 9.53 Å². The second-order valence-corrected chi connectivity index (χ2v) is 9.06. The van der Waals surface area contributed by atoms with E-state index in [2.05, 4.69) is 43.2 Å². The number of aromatic nitrogens is 2. The van der Waals surface area contributed by atoms with E-state index in [1.807, 2.05) is 24.3 Å². The molecule has 0 bridgehead atoms. The first-order chi connectivity index (χ1) is 11.8. The van der Waals surface area contributed by atoms with Crippen LogP contribution in [-0.2, 0) is 10.2 Å². The molecule has 0 aliphatic carbocycles. The maximum atomic E-state index is 12.3. The third-order valence-corrected chi connectivity index (χ3v) is 5.65. The lowest BCUT2D eigenvalue weighted by molar-refractivity contribution is -0.122. The van der Waals surface area contributed by atoms with Gasteiger partial charge in [-0.25, -0.2) is 0 Å². The van der Waals surface area contributed by atoms with E-state index in [4.69, 9.17) is 4.74 Å². The molecule has 0 saturated carbocycles. The van der Waals surface area contributed by atoms with Crippen molar-refractivity contribution in [3.63, 3.8) is 0 Å². The van der Waals surface area contributed by atoms with Gasteiger partial charge in [0, 0.05) is 5.75 Å². The van der Waals surface area contributed by atoms with Crippen molar-refractivity contribution in [2.75, 3.05) is 11.1 Å². The van der Waals surface area contributed by atoms with Crippen LogP contribution in [0.2, 0.25) is 0 Å². The monoisotopic (exact) mass is 379 g/mol. The van der Waals surface area contributed by atoms with Gasteiger partial charge in [-0.05, 0) is 36.5 Å². The molecule has 0 spiro atoms. The van der Waals surface area contributed by atoms with Crippen molar-refractivity contribution in [2.24, 2.45) is 0 Å². The van der Waals surface area contributed by atoms with Crippen molar-refractivity contribution in [2.45, 2.75) is 56.9 Å². The van der Waals surface area contributed by atoms with Gasteiger partial charge in [-0.3, -0.25) is 10.1 Å². The molecule has 0 unspecified atom stereocenters. The molecular formula is C18H25N3O2S2. The molecular weight excluding hydrogens is 354 g/mol. The molecule has 5 nitrogen and oxygen atoms in total. The van der Waals surface area contributed by atoms with Gasteiger partial charge in [0.25, 0.3) is 5.91 Å². The zero-order valence-corrected chi connectivity index (χ0v) is 17.0. The summed E-state index contributed by atoms with van der Waals surface area (Å²) in [5.74, 6) is 1.43. The van der Waals surface area contributed by atoms with Crippen LogP contribution in [-0.4, -0.2) is 28.0 Å². The van der Waals surface area contributed by atoms with Gasteiger partial charge >= 0.3 is 0 Å². The van der Waals surface area contributed by atoms with Crippen LogP contribution in [0.3, 0.4) is 0 Å². The summed E-state index contributed by atoms with van der Waals surface area (Å²) < 4.78 is 6.59. The standard InChI is InChI=1S/C18H25N3O2S2/c1-6-11-24-17-21-20-16(25-17)19-15(22)12(2)23-14-9-7-13(8-10-14)18(3,4)5/h7-10,12H,6,11H2,1-5H3,(H,19,20,22)/t12-/m0/s1. The van der Waals surface area contributed by atoms with Gasteiger partial charge in [-0.1, -0.05) is 62.9 Å². The highest BCUT2D eigenvalue weighted by Gasteiger charge is 2.18. The van der Waals surface area contributed by atoms with Crippen LogP contribution < -0.4 is 10.1 Å². The molecule has 1 amide bonds. The Bertz CT molecular complexity index is 693. The Morgan fingerprint density at radius 1 is 1.28 bits per heavy atom. The number of amides is 1. The maximum absolute atomic E-state index is 12.3. The Kier molecular flexibility index (Phi) is 6.84. The molecule has 0 radical (unpaired) electrons. The predicted octanol–water partition coefficient (Wildman–Crippen LogP) is 4.74. The molecule has 136 valence electrons. The Morgan fingerprint density at radius 2 is 1.96 bits per heavy atom. The molecule has 1 heterocycles.